The third kappa shape index (κ3) is 2.88. The number of nitrogens with zero attached hydrogens (tertiary/aromatic N) is 1. The molecule has 1 saturated heterocycles. The molecule has 1 aliphatic heterocycles. The first-order valence-electron chi connectivity index (χ1n) is 8.69. The van der Waals surface area contributed by atoms with Crippen molar-refractivity contribution in [1.29, 1.82) is 0 Å². The van der Waals surface area contributed by atoms with Gasteiger partial charge in [0.25, 0.3) is 0 Å². The van der Waals surface area contributed by atoms with Gasteiger partial charge in [-0.3, -0.25) is 4.79 Å². The Kier molecular flexibility index (Phi) is 5.48. The van der Waals surface area contributed by atoms with Crippen LogP contribution in [0.4, 0.5) is 0 Å². The van der Waals surface area contributed by atoms with E-state index in [4.69, 9.17) is 5.73 Å². The summed E-state index contributed by atoms with van der Waals surface area (Å²) in [6.45, 7) is 5.82. The van der Waals surface area contributed by atoms with Crippen LogP contribution in [-0.4, -0.2) is 29.9 Å². The van der Waals surface area contributed by atoms with Crippen LogP contribution >= 0.6 is 0 Å². The monoisotopic (exact) mass is 280 g/mol. The molecule has 2 unspecified atom stereocenters. The average Bonchev–Trinajstić information content (AvgIpc) is 2.94. The highest BCUT2D eigenvalue weighted by Gasteiger charge is 2.44. The molecule has 20 heavy (non-hydrogen) atoms. The number of fused-ring (bicyclic) bond motifs is 1. The Bertz CT molecular complexity index is 323. The number of nitrogens with two attached hydrogens (primary N) is 1. The van der Waals surface area contributed by atoms with E-state index in [-0.39, 0.29) is 5.41 Å². The summed E-state index contributed by atoms with van der Waals surface area (Å²) in [6.07, 6.45) is 10.3. The van der Waals surface area contributed by atoms with Crippen LogP contribution in [0.25, 0.3) is 0 Å². The van der Waals surface area contributed by atoms with Gasteiger partial charge in [0.1, 0.15) is 0 Å². The quantitative estimate of drug-likeness (QED) is 0.811. The van der Waals surface area contributed by atoms with E-state index in [1.165, 1.54) is 32.1 Å². The van der Waals surface area contributed by atoms with Crippen LogP contribution in [0.3, 0.4) is 0 Å². The van der Waals surface area contributed by atoms with Gasteiger partial charge >= 0.3 is 0 Å². The molecule has 3 heteroatoms. The molecule has 2 fully saturated rings. The van der Waals surface area contributed by atoms with Crippen LogP contribution in [0.2, 0.25) is 0 Å². The molecule has 0 bridgehead atoms. The Morgan fingerprint density at radius 3 is 2.40 bits per heavy atom. The molecule has 0 aromatic carbocycles. The Morgan fingerprint density at radius 1 is 1.15 bits per heavy atom. The van der Waals surface area contributed by atoms with E-state index in [9.17, 15) is 4.79 Å². The van der Waals surface area contributed by atoms with E-state index in [2.05, 4.69) is 18.7 Å². The largest absolute Gasteiger partial charge is 0.339 e. The molecule has 2 aliphatic rings. The highest BCUT2D eigenvalue weighted by Crippen LogP contribution is 2.40. The number of piperidine rings is 1. The van der Waals surface area contributed by atoms with Crippen LogP contribution in [0.15, 0.2) is 0 Å². The van der Waals surface area contributed by atoms with E-state index in [1.807, 2.05) is 0 Å². The fourth-order valence-electron chi connectivity index (χ4n) is 4.60. The van der Waals surface area contributed by atoms with Gasteiger partial charge in [0.2, 0.25) is 5.91 Å². The smallest absolute Gasteiger partial charge is 0.230 e. The van der Waals surface area contributed by atoms with Crippen LogP contribution in [-0.2, 0) is 4.79 Å². The predicted octanol–water partition coefficient (Wildman–Crippen LogP) is 3.32. The maximum absolute atomic E-state index is 13.2. The van der Waals surface area contributed by atoms with E-state index < -0.39 is 0 Å². The maximum Gasteiger partial charge on any atom is 0.230 e. The summed E-state index contributed by atoms with van der Waals surface area (Å²) >= 11 is 0. The summed E-state index contributed by atoms with van der Waals surface area (Å²) in [5.74, 6) is 1.15. The molecule has 1 aliphatic carbocycles. The Labute approximate surface area is 124 Å². The zero-order chi connectivity index (χ0) is 14.6. The summed E-state index contributed by atoms with van der Waals surface area (Å²) in [5.41, 5.74) is 5.79. The van der Waals surface area contributed by atoms with Crippen molar-refractivity contribution < 1.29 is 4.79 Å². The molecule has 1 amide bonds. The Balaban J connectivity index is 2.17. The number of carbonyl (C=O) groups excluding carboxylic acids is 1. The van der Waals surface area contributed by atoms with Crippen molar-refractivity contribution in [3.63, 3.8) is 0 Å². The summed E-state index contributed by atoms with van der Waals surface area (Å²) in [5, 5.41) is 0. The van der Waals surface area contributed by atoms with Gasteiger partial charge in [-0.25, -0.2) is 0 Å². The number of hydrogen-bond acceptors (Lipinski definition) is 2. The van der Waals surface area contributed by atoms with Gasteiger partial charge in [-0.2, -0.15) is 0 Å². The number of hydrogen-bond donors (Lipinski definition) is 1. The summed E-state index contributed by atoms with van der Waals surface area (Å²) in [4.78, 5) is 15.5. The van der Waals surface area contributed by atoms with Crippen molar-refractivity contribution in [2.24, 2.45) is 17.1 Å². The molecule has 1 heterocycles. The molecule has 3 nitrogen and oxygen atoms in total. The van der Waals surface area contributed by atoms with E-state index in [0.717, 1.165) is 38.1 Å². The molecule has 2 atom stereocenters. The minimum absolute atomic E-state index is 0.284. The number of rotatable bonds is 6. The molecule has 0 spiro atoms. The Morgan fingerprint density at radius 2 is 1.80 bits per heavy atom. The van der Waals surface area contributed by atoms with Gasteiger partial charge in [0.05, 0.1) is 5.41 Å². The second kappa shape index (κ2) is 6.93. The molecule has 0 radical (unpaired) electrons. The second-order valence-corrected chi connectivity index (χ2v) is 6.88. The third-order valence-electron chi connectivity index (χ3n) is 5.56. The third-order valence-corrected chi connectivity index (χ3v) is 5.56. The zero-order valence-corrected chi connectivity index (χ0v) is 13.4. The zero-order valence-electron chi connectivity index (χ0n) is 13.4. The SMILES string of the molecule is CCCC(CN)(CCC)C(=O)N1CCCC2CCCC21. The fraction of sp³-hybridized carbons (Fsp3) is 0.941. The molecule has 0 aromatic heterocycles. The van der Waals surface area contributed by atoms with Crippen molar-refractivity contribution in [3.8, 4) is 0 Å². The Hall–Kier alpha value is -0.570. The first kappa shape index (κ1) is 15.8. The molecule has 116 valence electrons. The van der Waals surface area contributed by atoms with Gasteiger partial charge in [-0.15, -0.1) is 0 Å². The van der Waals surface area contributed by atoms with Crippen LogP contribution in [0.1, 0.15) is 71.6 Å². The standard InChI is InChI=1S/C17H32N2O/c1-3-10-17(13-18,11-4-2)16(20)19-12-6-8-14-7-5-9-15(14)19/h14-15H,3-13,18H2,1-2H3. The lowest BCUT2D eigenvalue weighted by atomic mass is 9.76. The highest BCUT2D eigenvalue weighted by molar-refractivity contribution is 5.83. The maximum atomic E-state index is 13.2. The minimum Gasteiger partial charge on any atom is -0.339 e. The normalized spacial score (nSPS) is 26.6. The summed E-state index contributed by atoms with van der Waals surface area (Å²) in [7, 11) is 0. The molecule has 1 saturated carbocycles. The molecular formula is C17H32N2O. The number of likely N-dealkylation sites (tertiary alicyclic amines) is 1. The van der Waals surface area contributed by atoms with Crippen molar-refractivity contribution in [3.05, 3.63) is 0 Å². The predicted molar refractivity (Wildman–Crippen MR) is 83.4 cm³/mol. The topological polar surface area (TPSA) is 46.3 Å². The number of carbonyl (C=O) groups is 1. The van der Waals surface area contributed by atoms with E-state index in [1.54, 1.807) is 0 Å². The van der Waals surface area contributed by atoms with E-state index in [0.29, 0.717) is 18.5 Å². The fourth-order valence-corrected chi connectivity index (χ4v) is 4.60. The van der Waals surface area contributed by atoms with E-state index >= 15 is 0 Å². The van der Waals surface area contributed by atoms with Gasteiger partial charge < -0.3 is 10.6 Å². The molecule has 0 aromatic rings. The first-order chi connectivity index (χ1) is 9.68. The molecular weight excluding hydrogens is 248 g/mol. The molecule has 2 N–H and O–H groups in total. The lowest BCUT2D eigenvalue weighted by molar-refractivity contribution is -0.147. The lowest BCUT2D eigenvalue weighted by Gasteiger charge is -2.44. The van der Waals surface area contributed by atoms with Crippen molar-refractivity contribution in [1.82, 2.24) is 4.90 Å². The van der Waals surface area contributed by atoms with Crippen molar-refractivity contribution in [2.75, 3.05) is 13.1 Å². The lowest BCUT2D eigenvalue weighted by Crippen LogP contribution is -2.54. The minimum atomic E-state index is -0.284. The van der Waals surface area contributed by atoms with Gasteiger partial charge in [0.15, 0.2) is 0 Å². The highest BCUT2D eigenvalue weighted by atomic mass is 16.2. The average molecular weight is 280 g/mol. The summed E-state index contributed by atoms with van der Waals surface area (Å²) < 4.78 is 0. The van der Waals surface area contributed by atoms with Crippen LogP contribution in [0, 0.1) is 11.3 Å². The van der Waals surface area contributed by atoms with Crippen LogP contribution < -0.4 is 5.73 Å². The van der Waals surface area contributed by atoms with Crippen molar-refractivity contribution in [2.45, 2.75) is 77.7 Å². The summed E-state index contributed by atoms with van der Waals surface area (Å²) in [6, 6.07) is 0.524. The second-order valence-electron chi connectivity index (χ2n) is 6.88. The van der Waals surface area contributed by atoms with Crippen molar-refractivity contribution >= 4 is 5.91 Å². The number of amides is 1. The van der Waals surface area contributed by atoms with Gasteiger partial charge in [-0.1, -0.05) is 33.1 Å². The van der Waals surface area contributed by atoms with Gasteiger partial charge in [0, 0.05) is 19.1 Å². The van der Waals surface area contributed by atoms with Gasteiger partial charge in [-0.05, 0) is 44.4 Å². The first-order valence-corrected chi connectivity index (χ1v) is 8.69. The molecule has 2 rings (SSSR count). The van der Waals surface area contributed by atoms with Crippen LogP contribution in [0.5, 0.6) is 0 Å².